The van der Waals surface area contributed by atoms with E-state index < -0.39 is 0 Å². The standard InChI is InChI=1S/C19H23N3O2S/c1-12-18(13-8-10-22(12)11-9-13)21-19(23)16-6-7-17(25-16)24-15-4-2-14(20)3-5-15/h2-7,12-13,18H,8-11,20H2,1H3,(H,21,23)/t12-,18+/m1/s1. The van der Waals surface area contributed by atoms with Crippen LogP contribution in [0.4, 0.5) is 5.69 Å². The Morgan fingerprint density at radius 1 is 1.20 bits per heavy atom. The Morgan fingerprint density at radius 2 is 1.92 bits per heavy atom. The number of anilines is 1. The summed E-state index contributed by atoms with van der Waals surface area (Å²) < 4.78 is 5.80. The second-order valence-electron chi connectivity index (χ2n) is 6.90. The predicted molar refractivity (Wildman–Crippen MR) is 100 cm³/mol. The maximum atomic E-state index is 12.7. The van der Waals surface area contributed by atoms with Crippen LogP contribution in [0.25, 0.3) is 0 Å². The predicted octanol–water partition coefficient (Wildman–Crippen LogP) is 3.34. The average Bonchev–Trinajstić information content (AvgIpc) is 3.09. The van der Waals surface area contributed by atoms with Crippen LogP contribution in [0.3, 0.4) is 0 Å². The number of amides is 1. The quantitative estimate of drug-likeness (QED) is 0.824. The van der Waals surface area contributed by atoms with Crippen molar-refractivity contribution in [1.82, 2.24) is 10.2 Å². The first-order chi connectivity index (χ1) is 12.1. The van der Waals surface area contributed by atoms with Gasteiger partial charge >= 0.3 is 0 Å². The molecule has 0 radical (unpaired) electrons. The van der Waals surface area contributed by atoms with E-state index in [1.807, 2.05) is 24.3 Å². The van der Waals surface area contributed by atoms with Gasteiger partial charge in [-0.25, -0.2) is 0 Å². The van der Waals surface area contributed by atoms with Gasteiger partial charge in [-0.2, -0.15) is 0 Å². The first-order valence-electron chi connectivity index (χ1n) is 8.78. The highest BCUT2D eigenvalue weighted by atomic mass is 32.1. The number of ether oxygens (including phenoxy) is 1. The van der Waals surface area contributed by atoms with E-state index in [4.69, 9.17) is 10.5 Å². The van der Waals surface area contributed by atoms with Crippen molar-refractivity contribution in [3.63, 3.8) is 0 Å². The van der Waals surface area contributed by atoms with E-state index in [0.717, 1.165) is 13.1 Å². The van der Waals surface area contributed by atoms with Crippen LogP contribution in [-0.4, -0.2) is 36.0 Å². The maximum absolute atomic E-state index is 12.7. The van der Waals surface area contributed by atoms with Crippen LogP contribution >= 0.6 is 11.3 Å². The number of piperidine rings is 3. The third kappa shape index (κ3) is 3.37. The van der Waals surface area contributed by atoms with Crippen molar-refractivity contribution < 1.29 is 9.53 Å². The van der Waals surface area contributed by atoms with Gasteiger partial charge in [0.2, 0.25) is 0 Å². The van der Waals surface area contributed by atoms with Crippen LogP contribution in [0.5, 0.6) is 10.8 Å². The van der Waals surface area contributed by atoms with Gasteiger partial charge in [-0.15, -0.1) is 0 Å². The monoisotopic (exact) mass is 357 g/mol. The van der Waals surface area contributed by atoms with Gasteiger partial charge < -0.3 is 15.8 Å². The topological polar surface area (TPSA) is 67.6 Å². The largest absolute Gasteiger partial charge is 0.447 e. The Hall–Kier alpha value is -2.05. The summed E-state index contributed by atoms with van der Waals surface area (Å²) in [4.78, 5) is 15.8. The first kappa shape index (κ1) is 16.4. The lowest BCUT2D eigenvalue weighted by molar-refractivity contribution is 0.0218. The normalized spacial score (nSPS) is 27.9. The molecule has 3 saturated heterocycles. The lowest BCUT2D eigenvalue weighted by Gasteiger charge is -2.49. The molecule has 0 unspecified atom stereocenters. The first-order valence-corrected chi connectivity index (χ1v) is 9.60. The van der Waals surface area contributed by atoms with Crippen molar-refractivity contribution in [3.05, 3.63) is 41.3 Å². The van der Waals surface area contributed by atoms with Crippen LogP contribution in [0.1, 0.15) is 29.4 Å². The van der Waals surface area contributed by atoms with E-state index in [0.29, 0.717) is 33.3 Å². The van der Waals surface area contributed by atoms with Crippen LogP contribution < -0.4 is 15.8 Å². The number of rotatable bonds is 4. The van der Waals surface area contributed by atoms with Crippen molar-refractivity contribution in [3.8, 4) is 10.8 Å². The number of nitrogens with zero attached hydrogens (tertiary/aromatic N) is 1. The minimum absolute atomic E-state index is 0.00255. The molecular formula is C19H23N3O2S. The number of nitrogens with one attached hydrogen (secondary N) is 1. The summed E-state index contributed by atoms with van der Waals surface area (Å²) in [5, 5.41) is 3.96. The fourth-order valence-corrected chi connectivity index (χ4v) is 4.70. The van der Waals surface area contributed by atoms with Gasteiger partial charge in [0, 0.05) is 17.8 Å². The molecule has 1 aromatic heterocycles. The Bertz CT molecular complexity index is 748. The number of fused-ring (bicyclic) bond motifs is 3. The van der Waals surface area contributed by atoms with Crippen LogP contribution in [-0.2, 0) is 0 Å². The molecule has 3 N–H and O–H groups in total. The number of nitrogen functional groups attached to an aromatic ring is 1. The van der Waals surface area contributed by atoms with Crippen LogP contribution in [0.2, 0.25) is 0 Å². The van der Waals surface area contributed by atoms with Crippen molar-refractivity contribution in [1.29, 1.82) is 0 Å². The Balaban J connectivity index is 1.41. The molecule has 2 atom stereocenters. The molecule has 3 aliphatic rings. The molecule has 132 valence electrons. The molecule has 0 spiro atoms. The zero-order valence-electron chi connectivity index (χ0n) is 14.3. The van der Waals surface area contributed by atoms with Gasteiger partial charge in [-0.1, -0.05) is 11.3 Å². The fraction of sp³-hybridized carbons (Fsp3) is 0.421. The molecule has 6 heteroatoms. The summed E-state index contributed by atoms with van der Waals surface area (Å²) >= 11 is 1.37. The molecule has 3 aliphatic heterocycles. The smallest absolute Gasteiger partial charge is 0.261 e. The SMILES string of the molecule is C[C@@H]1[C@H](NC(=O)c2ccc(Oc3ccc(N)cc3)s2)C2CCN1CC2. The van der Waals surface area contributed by atoms with E-state index in [1.165, 1.54) is 24.2 Å². The molecule has 3 fully saturated rings. The summed E-state index contributed by atoms with van der Waals surface area (Å²) in [5.74, 6) is 1.33. The summed E-state index contributed by atoms with van der Waals surface area (Å²) in [7, 11) is 0. The molecule has 2 aromatic rings. The van der Waals surface area contributed by atoms with Gasteiger partial charge in [0.1, 0.15) is 5.75 Å². The number of hydrogen-bond acceptors (Lipinski definition) is 5. The zero-order valence-corrected chi connectivity index (χ0v) is 15.1. The van der Waals surface area contributed by atoms with E-state index in [1.54, 1.807) is 12.1 Å². The molecule has 0 aliphatic carbocycles. The average molecular weight is 357 g/mol. The van der Waals surface area contributed by atoms with Crippen LogP contribution in [0.15, 0.2) is 36.4 Å². The second kappa shape index (κ2) is 6.69. The van der Waals surface area contributed by atoms with Gasteiger partial charge in [0.05, 0.1) is 4.88 Å². The molecule has 5 rings (SSSR count). The van der Waals surface area contributed by atoms with Crippen molar-refractivity contribution in [2.75, 3.05) is 18.8 Å². The Kier molecular flexibility index (Phi) is 4.39. The number of hydrogen-bond donors (Lipinski definition) is 2. The Labute approximate surface area is 151 Å². The van der Waals surface area contributed by atoms with E-state index >= 15 is 0 Å². The van der Waals surface area contributed by atoms with Gasteiger partial charge in [0.25, 0.3) is 5.91 Å². The summed E-state index contributed by atoms with van der Waals surface area (Å²) in [6.45, 7) is 4.55. The van der Waals surface area contributed by atoms with Crippen molar-refractivity contribution >= 4 is 22.9 Å². The summed E-state index contributed by atoms with van der Waals surface area (Å²) in [6, 6.07) is 11.6. The highest BCUT2D eigenvalue weighted by Crippen LogP contribution is 2.33. The minimum atomic E-state index is 0.00255. The number of carbonyl (C=O) groups is 1. The van der Waals surface area contributed by atoms with Gasteiger partial charge in [0.15, 0.2) is 5.06 Å². The molecule has 0 saturated carbocycles. The lowest BCUT2D eigenvalue weighted by Crippen LogP contribution is -2.62. The van der Waals surface area contributed by atoms with Crippen LogP contribution in [0, 0.1) is 5.92 Å². The van der Waals surface area contributed by atoms with Crippen molar-refractivity contribution in [2.45, 2.75) is 31.8 Å². The number of nitrogens with two attached hydrogens (primary N) is 1. The minimum Gasteiger partial charge on any atom is -0.447 e. The molecule has 2 bridgehead atoms. The summed E-state index contributed by atoms with van der Waals surface area (Å²) in [6.07, 6.45) is 2.37. The number of benzene rings is 1. The molecule has 4 heterocycles. The Morgan fingerprint density at radius 3 is 2.60 bits per heavy atom. The van der Waals surface area contributed by atoms with Crippen molar-refractivity contribution in [2.24, 2.45) is 5.92 Å². The molecule has 1 aromatic carbocycles. The lowest BCUT2D eigenvalue weighted by atomic mass is 9.79. The van der Waals surface area contributed by atoms with E-state index in [-0.39, 0.29) is 11.9 Å². The summed E-state index contributed by atoms with van der Waals surface area (Å²) in [5.41, 5.74) is 6.38. The fourth-order valence-electron chi connectivity index (χ4n) is 3.92. The third-order valence-electron chi connectivity index (χ3n) is 5.38. The number of carbonyl (C=O) groups excluding carboxylic acids is 1. The highest BCUT2D eigenvalue weighted by Gasteiger charge is 2.40. The molecule has 5 nitrogen and oxygen atoms in total. The number of thiophene rings is 1. The van der Waals surface area contributed by atoms with Gasteiger partial charge in [-0.05, 0) is 75.2 Å². The molecule has 1 amide bonds. The van der Waals surface area contributed by atoms with E-state index in [9.17, 15) is 4.79 Å². The maximum Gasteiger partial charge on any atom is 0.261 e. The molecule has 25 heavy (non-hydrogen) atoms. The van der Waals surface area contributed by atoms with Gasteiger partial charge in [-0.3, -0.25) is 9.69 Å². The highest BCUT2D eigenvalue weighted by molar-refractivity contribution is 7.15. The second-order valence-corrected chi connectivity index (χ2v) is 7.95. The zero-order chi connectivity index (χ0) is 17.4. The van der Waals surface area contributed by atoms with E-state index in [2.05, 4.69) is 17.1 Å². The third-order valence-corrected chi connectivity index (χ3v) is 6.34. The molecular weight excluding hydrogens is 334 g/mol.